The normalized spacial score (nSPS) is 20.4. The van der Waals surface area contributed by atoms with Gasteiger partial charge in [-0.15, -0.1) is 11.3 Å². The van der Waals surface area contributed by atoms with E-state index in [2.05, 4.69) is 29.1 Å². The molecule has 1 aromatic heterocycles. The van der Waals surface area contributed by atoms with Gasteiger partial charge in [-0.2, -0.15) is 0 Å². The Morgan fingerprint density at radius 2 is 2.38 bits per heavy atom. The van der Waals surface area contributed by atoms with Crippen molar-refractivity contribution in [2.75, 3.05) is 13.1 Å². The fraction of sp³-hybridized carbons (Fsp3) is 0.750. The van der Waals surface area contributed by atoms with E-state index in [-0.39, 0.29) is 0 Å². The zero-order valence-electron chi connectivity index (χ0n) is 10.2. The first-order valence-electron chi connectivity index (χ1n) is 6.00. The van der Waals surface area contributed by atoms with Gasteiger partial charge in [-0.1, -0.05) is 0 Å². The molecule has 0 amide bonds. The number of hydrogen-bond acceptors (Lipinski definition) is 4. The molecule has 2 N–H and O–H groups in total. The van der Waals surface area contributed by atoms with Crippen LogP contribution in [0.4, 0.5) is 0 Å². The second-order valence-corrected chi connectivity index (χ2v) is 6.05. The minimum absolute atomic E-state index is 0.345. The molecule has 1 aliphatic heterocycles. The summed E-state index contributed by atoms with van der Waals surface area (Å²) < 4.78 is 0. The van der Waals surface area contributed by atoms with E-state index in [0.29, 0.717) is 12.1 Å². The number of rotatable bonds is 4. The summed E-state index contributed by atoms with van der Waals surface area (Å²) in [6.07, 6.45) is 3.52. The Kier molecular flexibility index (Phi) is 3.62. The molecule has 3 nitrogen and oxygen atoms in total. The predicted octanol–water partition coefficient (Wildman–Crippen LogP) is 2.02. The van der Waals surface area contributed by atoms with Crippen molar-refractivity contribution in [1.82, 2.24) is 9.88 Å². The number of thiazole rings is 1. The second-order valence-electron chi connectivity index (χ2n) is 5.11. The highest BCUT2D eigenvalue weighted by atomic mass is 32.1. The maximum Gasteiger partial charge on any atom is 0.0941 e. The molecule has 1 aromatic rings. The van der Waals surface area contributed by atoms with Gasteiger partial charge in [0.15, 0.2) is 0 Å². The Balaban J connectivity index is 1.98. The lowest BCUT2D eigenvalue weighted by atomic mass is 10.0. The highest BCUT2D eigenvalue weighted by molar-refractivity contribution is 7.09. The summed E-state index contributed by atoms with van der Waals surface area (Å²) in [7, 11) is 0. The van der Waals surface area contributed by atoms with Crippen LogP contribution in [0, 0.1) is 0 Å². The minimum Gasteiger partial charge on any atom is -0.330 e. The molecule has 1 fully saturated rings. The fourth-order valence-electron chi connectivity index (χ4n) is 2.31. The van der Waals surface area contributed by atoms with Crippen LogP contribution in [0.15, 0.2) is 5.38 Å². The van der Waals surface area contributed by atoms with Crippen molar-refractivity contribution in [3.05, 3.63) is 16.1 Å². The van der Waals surface area contributed by atoms with Crippen molar-refractivity contribution in [3.8, 4) is 0 Å². The largest absolute Gasteiger partial charge is 0.330 e. The summed E-state index contributed by atoms with van der Waals surface area (Å²) >= 11 is 1.74. The van der Waals surface area contributed by atoms with E-state index in [1.54, 1.807) is 11.3 Å². The lowest BCUT2D eigenvalue weighted by Gasteiger charge is -2.30. The van der Waals surface area contributed by atoms with Crippen LogP contribution >= 0.6 is 11.3 Å². The average Bonchev–Trinajstić information content (AvgIpc) is 2.76. The predicted molar refractivity (Wildman–Crippen MR) is 68.6 cm³/mol. The van der Waals surface area contributed by atoms with Gasteiger partial charge in [-0.3, -0.25) is 4.90 Å². The Hall–Kier alpha value is -0.450. The SMILES string of the molecule is CC1(C)CCCN1Cc1csc(CCN)n1. The van der Waals surface area contributed by atoms with Gasteiger partial charge in [0.2, 0.25) is 0 Å². The van der Waals surface area contributed by atoms with Crippen molar-refractivity contribution in [1.29, 1.82) is 0 Å². The van der Waals surface area contributed by atoms with E-state index in [4.69, 9.17) is 5.73 Å². The lowest BCUT2D eigenvalue weighted by molar-refractivity contribution is 0.165. The Morgan fingerprint density at radius 3 is 3.00 bits per heavy atom. The van der Waals surface area contributed by atoms with Crippen LogP contribution in [0.1, 0.15) is 37.4 Å². The second kappa shape index (κ2) is 4.82. The highest BCUT2D eigenvalue weighted by Crippen LogP contribution is 2.29. The molecule has 90 valence electrons. The minimum atomic E-state index is 0.345. The molecule has 1 aliphatic rings. The molecule has 0 bridgehead atoms. The quantitative estimate of drug-likeness (QED) is 0.874. The van der Waals surface area contributed by atoms with Crippen LogP contribution in [0.5, 0.6) is 0 Å². The van der Waals surface area contributed by atoms with E-state index < -0.39 is 0 Å². The third-order valence-corrected chi connectivity index (χ3v) is 4.34. The number of aromatic nitrogens is 1. The van der Waals surface area contributed by atoms with Gasteiger partial charge < -0.3 is 5.73 Å². The van der Waals surface area contributed by atoms with Crippen molar-refractivity contribution in [2.24, 2.45) is 5.73 Å². The van der Waals surface area contributed by atoms with Gasteiger partial charge >= 0.3 is 0 Å². The van der Waals surface area contributed by atoms with Crippen LogP contribution in [0.3, 0.4) is 0 Å². The van der Waals surface area contributed by atoms with Gasteiger partial charge in [-0.05, 0) is 39.8 Å². The maximum atomic E-state index is 5.53. The van der Waals surface area contributed by atoms with Crippen molar-refractivity contribution >= 4 is 11.3 Å². The zero-order chi connectivity index (χ0) is 11.6. The van der Waals surface area contributed by atoms with E-state index >= 15 is 0 Å². The van der Waals surface area contributed by atoms with E-state index in [9.17, 15) is 0 Å². The molecule has 0 aromatic carbocycles. The zero-order valence-corrected chi connectivity index (χ0v) is 11.0. The molecule has 0 radical (unpaired) electrons. The van der Waals surface area contributed by atoms with Crippen LogP contribution < -0.4 is 5.73 Å². The molecule has 1 saturated heterocycles. The summed E-state index contributed by atoms with van der Waals surface area (Å²) in [5.74, 6) is 0. The molecule has 0 atom stereocenters. The fourth-order valence-corrected chi connectivity index (χ4v) is 3.12. The molecule has 0 unspecified atom stereocenters. The van der Waals surface area contributed by atoms with Gasteiger partial charge in [0.1, 0.15) is 0 Å². The summed E-state index contributed by atoms with van der Waals surface area (Å²) in [5, 5.41) is 3.36. The van der Waals surface area contributed by atoms with Gasteiger partial charge in [0.25, 0.3) is 0 Å². The summed E-state index contributed by atoms with van der Waals surface area (Å²) in [5.41, 5.74) is 7.09. The number of hydrogen-bond donors (Lipinski definition) is 1. The van der Waals surface area contributed by atoms with Gasteiger partial charge in [-0.25, -0.2) is 4.98 Å². The van der Waals surface area contributed by atoms with Crippen LogP contribution in [-0.4, -0.2) is 28.5 Å². The molecule has 0 spiro atoms. The van der Waals surface area contributed by atoms with Crippen LogP contribution in [-0.2, 0) is 13.0 Å². The summed E-state index contributed by atoms with van der Waals surface area (Å²) in [4.78, 5) is 7.16. The third-order valence-electron chi connectivity index (χ3n) is 3.38. The Bertz CT molecular complexity index is 346. The van der Waals surface area contributed by atoms with Crippen molar-refractivity contribution in [3.63, 3.8) is 0 Å². The third kappa shape index (κ3) is 2.62. The summed E-state index contributed by atoms with van der Waals surface area (Å²) in [6, 6.07) is 0. The highest BCUT2D eigenvalue weighted by Gasteiger charge is 2.31. The van der Waals surface area contributed by atoms with E-state index in [1.165, 1.54) is 30.1 Å². The molecule has 4 heteroatoms. The van der Waals surface area contributed by atoms with Crippen molar-refractivity contribution < 1.29 is 0 Å². The number of nitrogens with zero attached hydrogens (tertiary/aromatic N) is 2. The van der Waals surface area contributed by atoms with Gasteiger partial charge in [0.05, 0.1) is 10.7 Å². The number of nitrogens with two attached hydrogens (primary N) is 1. The average molecular weight is 239 g/mol. The smallest absolute Gasteiger partial charge is 0.0941 e. The Labute approximate surface area is 102 Å². The first kappa shape index (κ1) is 12.0. The topological polar surface area (TPSA) is 42.1 Å². The van der Waals surface area contributed by atoms with Gasteiger partial charge in [0, 0.05) is 23.9 Å². The van der Waals surface area contributed by atoms with Crippen LogP contribution in [0.2, 0.25) is 0 Å². The molecule has 2 rings (SSSR count). The molecule has 0 aliphatic carbocycles. The molecule has 2 heterocycles. The van der Waals surface area contributed by atoms with Crippen molar-refractivity contribution in [2.45, 2.75) is 45.2 Å². The lowest BCUT2D eigenvalue weighted by Crippen LogP contribution is -2.37. The molecular formula is C12H21N3S. The molecule has 16 heavy (non-hydrogen) atoms. The maximum absolute atomic E-state index is 5.53. The number of likely N-dealkylation sites (tertiary alicyclic amines) is 1. The Morgan fingerprint density at radius 1 is 1.56 bits per heavy atom. The molecular weight excluding hydrogens is 218 g/mol. The van der Waals surface area contributed by atoms with E-state index in [0.717, 1.165) is 13.0 Å². The summed E-state index contributed by atoms with van der Waals surface area (Å²) in [6.45, 7) is 7.55. The first-order valence-corrected chi connectivity index (χ1v) is 6.88. The van der Waals surface area contributed by atoms with E-state index in [1.807, 2.05) is 0 Å². The standard InChI is InChI=1S/C12H21N3S/c1-12(2)5-3-7-15(12)8-10-9-16-11(14-10)4-6-13/h9H,3-8,13H2,1-2H3. The van der Waals surface area contributed by atoms with Crippen LogP contribution in [0.25, 0.3) is 0 Å². The first-order chi connectivity index (χ1) is 7.62. The monoisotopic (exact) mass is 239 g/mol. The molecule has 0 saturated carbocycles.